The van der Waals surface area contributed by atoms with E-state index in [4.69, 9.17) is 4.99 Å². The lowest BCUT2D eigenvalue weighted by Crippen LogP contribution is -2.72. The van der Waals surface area contributed by atoms with Crippen molar-refractivity contribution < 1.29 is 8.42 Å². The fourth-order valence-electron chi connectivity index (χ4n) is 2.71. The minimum Gasteiger partial charge on any atom is -0.356 e. The van der Waals surface area contributed by atoms with E-state index >= 15 is 0 Å². The lowest BCUT2D eigenvalue weighted by atomic mass is 9.65. The molecule has 0 saturated carbocycles. The molecule has 1 saturated heterocycles. The van der Waals surface area contributed by atoms with Gasteiger partial charge in [-0.1, -0.05) is 13.8 Å². The zero-order chi connectivity index (χ0) is 19.0. The number of likely N-dealkylation sites (tertiary alicyclic amines) is 1. The maximum absolute atomic E-state index is 12.2. The normalized spacial score (nSPS) is 19.1. The van der Waals surface area contributed by atoms with E-state index in [0.29, 0.717) is 10.8 Å². The standard InChI is InChI=1S/C17H30N4O2S2.HI/c1-8-18-15(21-12-16(2,3)17(21,4)5)19-11-13-9-10-14(24-13)25(22,23)20(6)7;/h9-10H,8,11-12H2,1-7H3,(H,18,19);1H. The van der Waals surface area contributed by atoms with Gasteiger partial charge >= 0.3 is 0 Å². The highest BCUT2D eigenvalue weighted by Crippen LogP contribution is 2.46. The lowest BCUT2D eigenvalue weighted by Gasteiger charge is -2.62. The molecule has 0 radical (unpaired) electrons. The zero-order valence-electron chi connectivity index (χ0n) is 16.7. The van der Waals surface area contributed by atoms with Gasteiger partial charge < -0.3 is 10.2 Å². The highest BCUT2D eigenvalue weighted by Gasteiger charge is 2.53. The highest BCUT2D eigenvalue weighted by atomic mass is 127. The van der Waals surface area contributed by atoms with E-state index in [1.165, 1.54) is 15.6 Å². The number of sulfonamides is 1. The van der Waals surface area contributed by atoms with E-state index in [2.05, 4.69) is 44.8 Å². The van der Waals surface area contributed by atoms with Gasteiger partial charge in [-0.15, -0.1) is 35.3 Å². The van der Waals surface area contributed by atoms with Crippen LogP contribution in [0.5, 0.6) is 0 Å². The minimum absolute atomic E-state index is 0. The Morgan fingerprint density at radius 2 is 1.92 bits per heavy atom. The second-order valence-electron chi connectivity index (χ2n) is 7.71. The number of guanidine groups is 1. The molecule has 0 spiro atoms. The number of rotatable bonds is 5. The number of hydrogen-bond acceptors (Lipinski definition) is 4. The molecule has 1 aliphatic heterocycles. The van der Waals surface area contributed by atoms with Crippen molar-refractivity contribution in [2.45, 2.75) is 50.9 Å². The Bertz CT molecular complexity index is 755. The van der Waals surface area contributed by atoms with Gasteiger partial charge in [-0.2, -0.15) is 0 Å². The maximum atomic E-state index is 12.2. The van der Waals surface area contributed by atoms with Crippen LogP contribution < -0.4 is 5.32 Å². The van der Waals surface area contributed by atoms with Gasteiger partial charge in [-0.25, -0.2) is 17.7 Å². The minimum atomic E-state index is -3.37. The lowest BCUT2D eigenvalue weighted by molar-refractivity contribution is -0.0667. The monoisotopic (exact) mass is 514 g/mol. The summed E-state index contributed by atoms with van der Waals surface area (Å²) in [4.78, 5) is 7.97. The quantitative estimate of drug-likeness (QED) is 0.373. The summed E-state index contributed by atoms with van der Waals surface area (Å²) in [5.41, 5.74) is 0.266. The first-order valence-corrected chi connectivity index (χ1v) is 10.8. The molecule has 0 aliphatic carbocycles. The van der Waals surface area contributed by atoms with Crippen LogP contribution in [-0.2, 0) is 16.6 Å². The molecule has 2 rings (SSSR count). The Hall–Kier alpha value is -0.390. The summed E-state index contributed by atoms with van der Waals surface area (Å²) in [5.74, 6) is 0.886. The molecule has 0 aromatic carbocycles. The fourth-order valence-corrected chi connectivity index (χ4v) is 5.16. The Kier molecular flexibility index (Phi) is 7.57. The zero-order valence-corrected chi connectivity index (χ0v) is 20.6. The average molecular weight is 514 g/mol. The third-order valence-corrected chi connectivity index (χ3v) is 8.58. The summed E-state index contributed by atoms with van der Waals surface area (Å²) in [7, 11) is -0.280. The molecule has 26 heavy (non-hydrogen) atoms. The van der Waals surface area contributed by atoms with Gasteiger partial charge in [0.25, 0.3) is 10.0 Å². The van der Waals surface area contributed by atoms with Gasteiger partial charge in [0.05, 0.1) is 6.54 Å². The van der Waals surface area contributed by atoms with E-state index in [-0.39, 0.29) is 34.9 Å². The van der Waals surface area contributed by atoms with Crippen LogP contribution in [0.3, 0.4) is 0 Å². The summed E-state index contributed by atoms with van der Waals surface area (Å²) < 4.78 is 26.0. The Morgan fingerprint density at radius 1 is 1.31 bits per heavy atom. The van der Waals surface area contributed by atoms with E-state index in [1.807, 2.05) is 6.07 Å². The van der Waals surface area contributed by atoms with Crippen LogP contribution in [0.2, 0.25) is 0 Å². The molecule has 1 aromatic rings. The average Bonchev–Trinajstić information content (AvgIpc) is 2.99. The third kappa shape index (κ3) is 4.36. The number of aliphatic imine (C=N–C) groups is 1. The smallest absolute Gasteiger partial charge is 0.252 e. The van der Waals surface area contributed by atoms with Crippen LogP contribution in [0.4, 0.5) is 0 Å². The van der Waals surface area contributed by atoms with Crippen LogP contribution in [0.1, 0.15) is 39.5 Å². The summed E-state index contributed by atoms with van der Waals surface area (Å²) in [6.45, 7) is 13.3. The van der Waals surface area contributed by atoms with Crippen LogP contribution >= 0.6 is 35.3 Å². The van der Waals surface area contributed by atoms with Crippen molar-refractivity contribution in [3.8, 4) is 0 Å². The van der Waals surface area contributed by atoms with Gasteiger partial charge in [-0.3, -0.25) is 0 Å². The van der Waals surface area contributed by atoms with Crippen LogP contribution in [0.15, 0.2) is 21.3 Å². The summed E-state index contributed by atoms with van der Waals surface area (Å²) in [6.07, 6.45) is 0. The van der Waals surface area contributed by atoms with Crippen molar-refractivity contribution in [1.29, 1.82) is 0 Å². The molecule has 1 aliphatic rings. The molecule has 9 heteroatoms. The number of nitrogens with one attached hydrogen (secondary N) is 1. The highest BCUT2D eigenvalue weighted by molar-refractivity contribution is 14.0. The topological polar surface area (TPSA) is 65.0 Å². The summed E-state index contributed by atoms with van der Waals surface area (Å²) in [5, 5.41) is 3.36. The first-order chi connectivity index (χ1) is 11.4. The van der Waals surface area contributed by atoms with Crippen molar-refractivity contribution >= 4 is 51.3 Å². The predicted molar refractivity (Wildman–Crippen MR) is 120 cm³/mol. The first-order valence-electron chi connectivity index (χ1n) is 8.50. The number of nitrogens with zero attached hydrogens (tertiary/aromatic N) is 3. The van der Waals surface area contributed by atoms with Crippen molar-refractivity contribution in [1.82, 2.24) is 14.5 Å². The molecule has 2 heterocycles. The molecule has 150 valence electrons. The largest absolute Gasteiger partial charge is 0.356 e. The van der Waals surface area contributed by atoms with Gasteiger partial charge in [0.15, 0.2) is 5.96 Å². The molecule has 6 nitrogen and oxygen atoms in total. The molecule has 1 aromatic heterocycles. The Morgan fingerprint density at radius 3 is 2.38 bits per heavy atom. The molecule has 1 N–H and O–H groups in total. The van der Waals surface area contributed by atoms with E-state index < -0.39 is 10.0 Å². The Balaban J connectivity index is 0.00000338. The molecular weight excluding hydrogens is 483 g/mol. The molecule has 0 atom stereocenters. The predicted octanol–water partition coefficient (Wildman–Crippen LogP) is 3.20. The third-order valence-electron chi connectivity index (χ3n) is 5.23. The van der Waals surface area contributed by atoms with E-state index in [1.54, 1.807) is 20.2 Å². The van der Waals surface area contributed by atoms with Crippen LogP contribution in [0.25, 0.3) is 0 Å². The first kappa shape index (κ1) is 23.6. The summed E-state index contributed by atoms with van der Waals surface area (Å²) >= 11 is 1.28. The van der Waals surface area contributed by atoms with E-state index in [9.17, 15) is 8.42 Å². The van der Waals surface area contributed by atoms with Crippen LogP contribution in [0, 0.1) is 5.41 Å². The van der Waals surface area contributed by atoms with Gasteiger partial charge in [0.1, 0.15) is 4.21 Å². The number of thiophene rings is 1. The van der Waals surface area contributed by atoms with Crippen LogP contribution in [-0.4, -0.2) is 56.3 Å². The van der Waals surface area contributed by atoms with Gasteiger partial charge in [0.2, 0.25) is 0 Å². The Labute approximate surface area is 179 Å². The van der Waals surface area contributed by atoms with Gasteiger partial charge in [-0.05, 0) is 32.9 Å². The fraction of sp³-hybridized carbons (Fsp3) is 0.706. The van der Waals surface area contributed by atoms with Crippen molar-refractivity contribution in [2.24, 2.45) is 10.4 Å². The number of halogens is 1. The van der Waals surface area contributed by atoms with Crippen molar-refractivity contribution in [2.75, 3.05) is 27.2 Å². The summed E-state index contributed by atoms with van der Waals surface area (Å²) in [6, 6.07) is 3.51. The molecular formula is C17H31IN4O2S2. The molecule has 0 bridgehead atoms. The molecule has 0 unspecified atom stereocenters. The number of hydrogen-bond donors (Lipinski definition) is 1. The second-order valence-corrected chi connectivity index (χ2v) is 11.3. The van der Waals surface area contributed by atoms with Crippen molar-refractivity contribution in [3.63, 3.8) is 0 Å². The second kappa shape index (κ2) is 8.32. The molecule has 0 amide bonds. The van der Waals surface area contributed by atoms with Gasteiger partial charge in [0, 0.05) is 43.0 Å². The SMILES string of the molecule is CCNC(=NCc1ccc(S(=O)(=O)N(C)C)s1)N1CC(C)(C)C1(C)C.I. The molecule has 1 fully saturated rings. The van der Waals surface area contributed by atoms with E-state index in [0.717, 1.165) is 23.9 Å². The maximum Gasteiger partial charge on any atom is 0.252 e. The van der Waals surface area contributed by atoms with Crippen molar-refractivity contribution in [3.05, 3.63) is 17.0 Å².